The van der Waals surface area contributed by atoms with Crippen LogP contribution in [-0.2, 0) is 6.42 Å². The largest absolute Gasteiger partial charge is 0.314 e. The Bertz CT molecular complexity index is 322. The fourth-order valence-electron chi connectivity index (χ4n) is 1.81. The molecule has 0 saturated carbocycles. The van der Waals surface area contributed by atoms with Crippen LogP contribution in [0, 0.1) is 0 Å². The fraction of sp³-hybridized carbons (Fsp3) is 0.429. The summed E-state index contributed by atoms with van der Waals surface area (Å²) in [5, 5.41) is 4.35. The van der Waals surface area contributed by atoms with Gasteiger partial charge in [-0.15, -0.1) is 6.58 Å². The molecule has 88 valence electrons. The molecule has 0 aliphatic carbocycles. The zero-order valence-electron chi connectivity index (χ0n) is 9.88. The van der Waals surface area contributed by atoms with Gasteiger partial charge in [0.2, 0.25) is 0 Å². The molecule has 0 saturated heterocycles. The summed E-state index contributed by atoms with van der Waals surface area (Å²) in [5.41, 5.74) is 1.22. The summed E-state index contributed by atoms with van der Waals surface area (Å²) in [6, 6.07) is 8.55. The van der Waals surface area contributed by atoms with Gasteiger partial charge in [0.15, 0.2) is 0 Å². The van der Waals surface area contributed by atoms with Crippen LogP contribution in [-0.4, -0.2) is 12.6 Å². The first-order valence-electron chi connectivity index (χ1n) is 5.85. The Kier molecular flexibility index (Phi) is 6.20. The topological polar surface area (TPSA) is 12.0 Å². The highest BCUT2D eigenvalue weighted by atomic mass is 35.5. The predicted octanol–water partition coefficient (Wildman–Crippen LogP) is 3.83. The van der Waals surface area contributed by atoms with Crippen LogP contribution in [0.4, 0.5) is 0 Å². The summed E-state index contributed by atoms with van der Waals surface area (Å²) >= 11 is 6.15. The molecule has 16 heavy (non-hydrogen) atoms. The van der Waals surface area contributed by atoms with Gasteiger partial charge >= 0.3 is 0 Å². The standard InChI is InChI=1S/C14H20ClN/c1-3-5-9-13(16-4-2)11-12-8-6-7-10-14(12)15/h3,6-8,10,13,16H,1,4-5,9,11H2,2H3. The second-order valence-corrected chi connectivity index (χ2v) is 4.32. The third kappa shape index (κ3) is 4.38. The summed E-state index contributed by atoms with van der Waals surface area (Å²) in [4.78, 5) is 0. The zero-order chi connectivity index (χ0) is 11.8. The fourth-order valence-corrected chi connectivity index (χ4v) is 2.03. The normalized spacial score (nSPS) is 12.4. The van der Waals surface area contributed by atoms with Gasteiger partial charge in [0, 0.05) is 11.1 Å². The lowest BCUT2D eigenvalue weighted by molar-refractivity contribution is 0.495. The summed E-state index contributed by atoms with van der Waals surface area (Å²) in [6.45, 7) is 6.89. The van der Waals surface area contributed by atoms with Crippen molar-refractivity contribution in [2.75, 3.05) is 6.54 Å². The van der Waals surface area contributed by atoms with Crippen molar-refractivity contribution in [3.05, 3.63) is 47.5 Å². The van der Waals surface area contributed by atoms with Crippen molar-refractivity contribution in [1.29, 1.82) is 0 Å². The minimum Gasteiger partial charge on any atom is -0.314 e. The van der Waals surface area contributed by atoms with Crippen molar-refractivity contribution in [3.8, 4) is 0 Å². The van der Waals surface area contributed by atoms with Crippen LogP contribution in [0.3, 0.4) is 0 Å². The number of hydrogen-bond acceptors (Lipinski definition) is 1. The SMILES string of the molecule is C=CCCC(Cc1ccccc1Cl)NCC. The molecule has 1 aromatic carbocycles. The van der Waals surface area contributed by atoms with Crippen molar-refractivity contribution in [1.82, 2.24) is 5.32 Å². The molecule has 0 amide bonds. The Labute approximate surface area is 104 Å². The van der Waals surface area contributed by atoms with E-state index in [0.29, 0.717) is 6.04 Å². The summed E-state index contributed by atoms with van der Waals surface area (Å²) in [5.74, 6) is 0. The average Bonchev–Trinajstić information content (AvgIpc) is 2.29. The van der Waals surface area contributed by atoms with Crippen molar-refractivity contribution >= 4 is 11.6 Å². The molecule has 0 spiro atoms. The van der Waals surface area contributed by atoms with Crippen LogP contribution in [0.1, 0.15) is 25.3 Å². The lowest BCUT2D eigenvalue weighted by atomic mass is 10.0. The van der Waals surface area contributed by atoms with Crippen LogP contribution in [0.15, 0.2) is 36.9 Å². The van der Waals surface area contributed by atoms with Gasteiger partial charge in [-0.25, -0.2) is 0 Å². The quantitative estimate of drug-likeness (QED) is 0.711. The molecule has 0 aliphatic heterocycles. The number of nitrogens with one attached hydrogen (secondary N) is 1. The highest BCUT2D eigenvalue weighted by molar-refractivity contribution is 6.31. The van der Waals surface area contributed by atoms with Gasteiger partial charge in [-0.2, -0.15) is 0 Å². The van der Waals surface area contributed by atoms with E-state index in [2.05, 4.69) is 24.9 Å². The lowest BCUT2D eigenvalue weighted by Crippen LogP contribution is -2.30. The van der Waals surface area contributed by atoms with E-state index < -0.39 is 0 Å². The van der Waals surface area contributed by atoms with Gasteiger partial charge in [-0.1, -0.05) is 42.8 Å². The molecule has 1 unspecified atom stereocenters. The van der Waals surface area contributed by atoms with Crippen LogP contribution in [0.25, 0.3) is 0 Å². The van der Waals surface area contributed by atoms with E-state index >= 15 is 0 Å². The number of halogens is 1. The monoisotopic (exact) mass is 237 g/mol. The Morgan fingerprint density at radius 3 is 2.81 bits per heavy atom. The summed E-state index contributed by atoms with van der Waals surface area (Å²) < 4.78 is 0. The summed E-state index contributed by atoms with van der Waals surface area (Å²) in [7, 11) is 0. The Balaban J connectivity index is 2.59. The first kappa shape index (κ1) is 13.3. The van der Waals surface area contributed by atoms with Crippen molar-refractivity contribution in [3.63, 3.8) is 0 Å². The molecule has 1 nitrogen and oxygen atoms in total. The molecule has 0 fully saturated rings. The number of hydrogen-bond donors (Lipinski definition) is 1. The van der Waals surface area contributed by atoms with Gasteiger partial charge in [0.1, 0.15) is 0 Å². The lowest BCUT2D eigenvalue weighted by Gasteiger charge is -2.17. The molecule has 1 atom stereocenters. The molecule has 0 heterocycles. The second-order valence-electron chi connectivity index (χ2n) is 3.92. The maximum absolute atomic E-state index is 6.15. The second kappa shape index (κ2) is 7.48. The Morgan fingerprint density at radius 2 is 2.19 bits per heavy atom. The molecule has 1 aromatic rings. The van der Waals surface area contributed by atoms with E-state index in [9.17, 15) is 0 Å². The first-order chi connectivity index (χ1) is 7.77. The number of allylic oxidation sites excluding steroid dienone is 1. The predicted molar refractivity (Wildman–Crippen MR) is 72.1 cm³/mol. The van der Waals surface area contributed by atoms with Gasteiger partial charge in [-0.3, -0.25) is 0 Å². The molecular weight excluding hydrogens is 218 g/mol. The van der Waals surface area contributed by atoms with Crippen molar-refractivity contribution in [2.24, 2.45) is 0 Å². The van der Waals surface area contributed by atoms with E-state index in [0.717, 1.165) is 30.8 Å². The minimum atomic E-state index is 0.489. The maximum atomic E-state index is 6.15. The van der Waals surface area contributed by atoms with Gasteiger partial charge in [0.25, 0.3) is 0 Å². The zero-order valence-corrected chi connectivity index (χ0v) is 10.6. The molecule has 0 aliphatic rings. The van der Waals surface area contributed by atoms with Gasteiger partial charge in [-0.05, 0) is 37.4 Å². The van der Waals surface area contributed by atoms with E-state index in [4.69, 9.17) is 11.6 Å². The summed E-state index contributed by atoms with van der Waals surface area (Å²) in [6.07, 6.45) is 5.11. The van der Waals surface area contributed by atoms with Gasteiger partial charge < -0.3 is 5.32 Å². The average molecular weight is 238 g/mol. The molecule has 0 radical (unpaired) electrons. The van der Waals surface area contributed by atoms with E-state index in [1.807, 2.05) is 24.3 Å². The molecule has 2 heteroatoms. The third-order valence-electron chi connectivity index (χ3n) is 2.64. The Hall–Kier alpha value is -0.790. The van der Waals surface area contributed by atoms with E-state index in [1.165, 1.54) is 5.56 Å². The van der Waals surface area contributed by atoms with Crippen molar-refractivity contribution < 1.29 is 0 Å². The highest BCUT2D eigenvalue weighted by Crippen LogP contribution is 2.18. The third-order valence-corrected chi connectivity index (χ3v) is 3.00. The minimum absolute atomic E-state index is 0.489. The maximum Gasteiger partial charge on any atom is 0.0438 e. The van der Waals surface area contributed by atoms with Crippen molar-refractivity contribution in [2.45, 2.75) is 32.2 Å². The van der Waals surface area contributed by atoms with Gasteiger partial charge in [0.05, 0.1) is 0 Å². The van der Waals surface area contributed by atoms with Crippen LogP contribution in [0.2, 0.25) is 5.02 Å². The first-order valence-corrected chi connectivity index (χ1v) is 6.23. The Morgan fingerprint density at radius 1 is 1.44 bits per heavy atom. The number of benzene rings is 1. The highest BCUT2D eigenvalue weighted by Gasteiger charge is 2.09. The molecule has 1 rings (SSSR count). The van der Waals surface area contributed by atoms with Crippen LogP contribution < -0.4 is 5.32 Å². The van der Waals surface area contributed by atoms with E-state index in [1.54, 1.807) is 0 Å². The molecular formula is C14H20ClN. The van der Waals surface area contributed by atoms with E-state index in [-0.39, 0.29) is 0 Å². The molecule has 0 aromatic heterocycles. The smallest absolute Gasteiger partial charge is 0.0438 e. The number of likely N-dealkylation sites (N-methyl/N-ethyl adjacent to an activating group) is 1. The van der Waals surface area contributed by atoms with Crippen LogP contribution >= 0.6 is 11.6 Å². The van der Waals surface area contributed by atoms with Crippen LogP contribution in [0.5, 0.6) is 0 Å². The molecule has 0 bridgehead atoms. The molecule has 1 N–H and O–H groups in total. The number of rotatable bonds is 7.